The number of carbonyl (C=O) groups is 1. The third-order valence-corrected chi connectivity index (χ3v) is 2.54. The van der Waals surface area contributed by atoms with Gasteiger partial charge in [-0.3, -0.25) is 10.9 Å². The quantitative estimate of drug-likeness (QED) is 0.309. The molecule has 12 heavy (non-hydrogen) atoms. The van der Waals surface area contributed by atoms with Crippen LogP contribution in [0.3, 0.4) is 0 Å². The summed E-state index contributed by atoms with van der Waals surface area (Å²) in [6.07, 6.45) is 5.41. The van der Waals surface area contributed by atoms with Crippen molar-refractivity contribution in [2.45, 2.75) is 13.3 Å². The van der Waals surface area contributed by atoms with Gasteiger partial charge in [-0.25, -0.2) is 4.79 Å². The second-order valence-corrected chi connectivity index (χ2v) is 5.68. The van der Waals surface area contributed by atoms with Gasteiger partial charge >= 0.3 is 5.97 Å². The van der Waals surface area contributed by atoms with E-state index in [1.165, 1.54) is 5.75 Å². The van der Waals surface area contributed by atoms with E-state index in [2.05, 4.69) is 19.1 Å². The van der Waals surface area contributed by atoms with Crippen molar-refractivity contribution in [1.29, 1.82) is 0 Å². The van der Waals surface area contributed by atoms with Crippen molar-refractivity contribution in [2.75, 3.05) is 24.9 Å². The second-order valence-electron chi connectivity index (χ2n) is 3.07. The van der Waals surface area contributed by atoms with E-state index >= 15 is 0 Å². The van der Waals surface area contributed by atoms with Crippen molar-refractivity contribution in [3.05, 3.63) is 12.2 Å². The van der Waals surface area contributed by atoms with Crippen LogP contribution in [-0.2, 0) is 9.53 Å². The molecule has 0 fully saturated rings. The average molecular weight is 190 g/mol. The fourth-order valence-corrected chi connectivity index (χ4v) is 1.43. The Balaban J connectivity index is 3.32. The predicted octanol–water partition coefficient (Wildman–Crippen LogP) is 1.76. The first-order valence-corrected chi connectivity index (χ1v) is 6.43. The molecule has 0 bridgehead atoms. The van der Waals surface area contributed by atoms with Gasteiger partial charge in [-0.2, -0.15) is 0 Å². The molecule has 0 aromatic rings. The Bertz CT molecular complexity index is 164. The van der Waals surface area contributed by atoms with Gasteiger partial charge in [-0.1, -0.05) is 6.58 Å². The van der Waals surface area contributed by atoms with E-state index in [9.17, 15) is 4.79 Å². The number of hydrogen-bond acceptors (Lipinski definition) is 2. The zero-order valence-electron chi connectivity index (χ0n) is 8.09. The molecule has 0 aliphatic rings. The van der Waals surface area contributed by atoms with E-state index in [1.807, 2.05) is 0 Å². The van der Waals surface area contributed by atoms with Crippen molar-refractivity contribution in [3.8, 4) is 0 Å². The first-order valence-electron chi connectivity index (χ1n) is 4.01. The summed E-state index contributed by atoms with van der Waals surface area (Å²) in [5.41, 5.74) is 0.477. The molecule has 72 valence electrons. The van der Waals surface area contributed by atoms with Gasteiger partial charge in [0.2, 0.25) is 0 Å². The molecule has 2 nitrogen and oxygen atoms in total. The molecular weight excluding hydrogens is 172 g/mol. The zero-order chi connectivity index (χ0) is 9.56. The molecule has 0 N–H and O–H groups in total. The average Bonchev–Trinajstić information content (AvgIpc) is 1.97. The van der Waals surface area contributed by atoms with Crippen LogP contribution < -0.4 is 0 Å². The van der Waals surface area contributed by atoms with E-state index in [0.717, 1.165) is 6.42 Å². The summed E-state index contributed by atoms with van der Waals surface area (Å²) < 4.78 is 4.93. The number of rotatable bonds is 5. The predicted molar refractivity (Wildman–Crippen MR) is 56.1 cm³/mol. The van der Waals surface area contributed by atoms with Crippen molar-refractivity contribution < 1.29 is 9.53 Å². The molecule has 0 aliphatic carbocycles. The van der Waals surface area contributed by atoms with Gasteiger partial charge in [0.15, 0.2) is 0 Å². The van der Waals surface area contributed by atoms with Crippen LogP contribution >= 0.6 is 10.9 Å². The number of ether oxygens (including phenoxy) is 1. The molecule has 0 rings (SSSR count). The summed E-state index contributed by atoms with van der Waals surface area (Å²) in [4.78, 5) is 10.9. The maximum atomic E-state index is 10.9. The molecule has 0 unspecified atom stereocenters. The number of carbonyl (C=O) groups excluding carboxylic acids is 1. The van der Waals surface area contributed by atoms with Gasteiger partial charge < -0.3 is 4.74 Å². The molecule has 3 heteroatoms. The van der Waals surface area contributed by atoms with Gasteiger partial charge in [-0.15, -0.1) is 0 Å². The number of esters is 1. The van der Waals surface area contributed by atoms with Crippen LogP contribution in [0.4, 0.5) is 0 Å². The summed E-state index contributed by atoms with van der Waals surface area (Å²) in [6.45, 7) is 5.69. The molecule has 0 radical (unpaired) electrons. The third-order valence-electron chi connectivity index (χ3n) is 1.33. The lowest BCUT2D eigenvalue weighted by molar-refractivity contribution is -0.138. The highest BCUT2D eigenvalue weighted by Gasteiger charge is 2.01. The molecule has 0 aromatic heterocycles. The second kappa shape index (κ2) is 6.12. The van der Waals surface area contributed by atoms with Crippen LogP contribution in [0.2, 0.25) is 0 Å². The third kappa shape index (κ3) is 6.28. The van der Waals surface area contributed by atoms with Crippen LogP contribution in [0.25, 0.3) is 0 Å². The molecular formula is C9H18O2S. The molecule has 0 atom stereocenters. The van der Waals surface area contributed by atoms with Gasteiger partial charge in [0, 0.05) is 5.57 Å². The summed E-state index contributed by atoms with van der Waals surface area (Å²) in [5, 5.41) is 0. The first-order chi connectivity index (χ1) is 5.54. The lowest BCUT2D eigenvalue weighted by Crippen LogP contribution is -2.07. The van der Waals surface area contributed by atoms with Crippen molar-refractivity contribution in [3.63, 3.8) is 0 Å². The Labute approximate surface area is 77.3 Å². The smallest absolute Gasteiger partial charge is 0.333 e. The minimum Gasteiger partial charge on any atom is -0.462 e. The van der Waals surface area contributed by atoms with E-state index in [1.54, 1.807) is 6.92 Å². The molecule has 0 saturated carbocycles. The van der Waals surface area contributed by atoms with Gasteiger partial charge in [0.1, 0.15) is 0 Å². The molecule has 0 spiro atoms. The number of thiol groups is 1. The van der Waals surface area contributed by atoms with E-state index in [-0.39, 0.29) is 16.9 Å². The van der Waals surface area contributed by atoms with Crippen LogP contribution in [0.1, 0.15) is 13.3 Å². The summed E-state index contributed by atoms with van der Waals surface area (Å²) >= 11 is 0. The van der Waals surface area contributed by atoms with E-state index < -0.39 is 0 Å². The van der Waals surface area contributed by atoms with Crippen molar-refractivity contribution in [1.82, 2.24) is 0 Å². The SMILES string of the molecule is C=C(C)C(=O)OCCC[SH](C)C. The Morgan fingerprint density at radius 3 is 2.50 bits per heavy atom. The van der Waals surface area contributed by atoms with E-state index in [0.29, 0.717) is 12.2 Å². The standard InChI is InChI=1S/C9H18O2S/c1-8(2)9(10)11-6-5-7-12(3)4/h12H,1,5-7H2,2-4H3. The Hall–Kier alpha value is -0.440. The minimum absolute atomic E-state index is 0.140. The fraction of sp³-hybridized carbons (Fsp3) is 0.667. The normalized spacial score (nSPS) is 10.8. The van der Waals surface area contributed by atoms with Crippen LogP contribution in [0.5, 0.6) is 0 Å². The highest BCUT2D eigenvalue weighted by Crippen LogP contribution is 2.13. The van der Waals surface area contributed by atoms with Gasteiger partial charge in [-0.05, 0) is 31.6 Å². The highest BCUT2D eigenvalue weighted by molar-refractivity contribution is 8.15. The summed E-state index contributed by atoms with van der Waals surface area (Å²) in [7, 11) is 0.140. The molecule has 0 aromatic carbocycles. The zero-order valence-corrected chi connectivity index (χ0v) is 8.99. The Morgan fingerprint density at radius 1 is 1.50 bits per heavy atom. The van der Waals surface area contributed by atoms with Gasteiger partial charge in [0.05, 0.1) is 6.61 Å². The van der Waals surface area contributed by atoms with E-state index in [4.69, 9.17) is 4.74 Å². The Morgan fingerprint density at radius 2 is 2.08 bits per heavy atom. The molecule has 0 amide bonds. The monoisotopic (exact) mass is 190 g/mol. The topological polar surface area (TPSA) is 26.3 Å². The largest absolute Gasteiger partial charge is 0.462 e. The maximum Gasteiger partial charge on any atom is 0.333 e. The Kier molecular flexibility index (Phi) is 5.89. The highest BCUT2D eigenvalue weighted by atomic mass is 32.2. The first kappa shape index (κ1) is 11.6. The van der Waals surface area contributed by atoms with Crippen LogP contribution in [0.15, 0.2) is 12.2 Å². The number of hydrogen-bond donors (Lipinski definition) is 1. The summed E-state index contributed by atoms with van der Waals surface area (Å²) in [6, 6.07) is 0. The maximum absolute atomic E-state index is 10.9. The van der Waals surface area contributed by atoms with Crippen molar-refractivity contribution in [2.24, 2.45) is 0 Å². The molecule has 0 aliphatic heterocycles. The molecule has 0 saturated heterocycles. The van der Waals surface area contributed by atoms with Crippen LogP contribution in [0, 0.1) is 0 Å². The summed E-state index contributed by atoms with van der Waals surface area (Å²) in [5.74, 6) is 0.894. The van der Waals surface area contributed by atoms with Gasteiger partial charge in [0.25, 0.3) is 0 Å². The lowest BCUT2D eigenvalue weighted by atomic mass is 10.4. The minimum atomic E-state index is -0.272. The van der Waals surface area contributed by atoms with Crippen molar-refractivity contribution >= 4 is 16.9 Å². The fourth-order valence-electron chi connectivity index (χ4n) is 0.669. The molecule has 0 heterocycles. The lowest BCUT2D eigenvalue weighted by Gasteiger charge is -2.08. The van der Waals surface area contributed by atoms with Crippen LogP contribution in [-0.4, -0.2) is 30.8 Å².